The predicted molar refractivity (Wildman–Crippen MR) is 142 cm³/mol. The number of ether oxygens (including phenoxy) is 1. The molecule has 0 radical (unpaired) electrons. The van der Waals surface area contributed by atoms with Crippen LogP contribution in [0.3, 0.4) is 0 Å². The van der Waals surface area contributed by atoms with Crippen molar-refractivity contribution >= 4 is 23.4 Å². The molecular formula is C26H34N6OS. The van der Waals surface area contributed by atoms with Gasteiger partial charge in [0, 0.05) is 61.4 Å². The molecule has 1 aromatic carbocycles. The summed E-state index contributed by atoms with van der Waals surface area (Å²) in [6.45, 7) is 7.20. The van der Waals surface area contributed by atoms with Crippen LogP contribution in [0.4, 0.5) is 11.6 Å². The molecular weight excluding hydrogens is 444 g/mol. The van der Waals surface area contributed by atoms with E-state index in [0.29, 0.717) is 11.2 Å². The number of hydrogen-bond donors (Lipinski definition) is 1. The summed E-state index contributed by atoms with van der Waals surface area (Å²) in [5, 5.41) is 3.82. The van der Waals surface area contributed by atoms with E-state index in [-0.39, 0.29) is 0 Å². The van der Waals surface area contributed by atoms with Crippen LogP contribution >= 0.6 is 11.8 Å². The fourth-order valence-electron chi connectivity index (χ4n) is 4.31. The standard InChI is InChI=1S/C26H34N6OS/c1-19(26(34-4)21-7-5-6-8-23(21)33-3)16-27-24-15-22(29-18-30-24)20-9-10-25(28-17-20)32-13-11-31(2)12-14-32/h5-10,15,17-19,26H,11-14,16H2,1-4H3,(H,27,29,30)/t19-,26?/m1/s1. The first-order chi connectivity index (χ1) is 16.6. The number of nitrogens with one attached hydrogen (secondary N) is 1. The minimum Gasteiger partial charge on any atom is -0.496 e. The SMILES string of the molecule is COc1ccccc1C(SC)[C@H](C)CNc1cc(-c2ccc(N3CCN(C)CC3)nc2)ncn1. The van der Waals surface area contributed by atoms with E-state index in [0.717, 1.165) is 61.4 Å². The molecule has 1 fully saturated rings. The average Bonchev–Trinajstić information content (AvgIpc) is 2.89. The molecule has 1 aliphatic rings. The zero-order valence-electron chi connectivity index (χ0n) is 20.4. The molecule has 0 spiro atoms. The molecule has 180 valence electrons. The molecule has 4 rings (SSSR count). The number of likely N-dealkylation sites (N-methyl/N-ethyl adjacent to an activating group) is 1. The molecule has 1 saturated heterocycles. The first-order valence-corrected chi connectivity index (χ1v) is 13.0. The normalized spacial score (nSPS) is 16.2. The second kappa shape index (κ2) is 11.5. The Kier molecular flexibility index (Phi) is 8.24. The molecule has 2 atom stereocenters. The van der Waals surface area contributed by atoms with Gasteiger partial charge in [-0.05, 0) is 37.4 Å². The number of methoxy groups -OCH3 is 1. The number of pyridine rings is 1. The third-order valence-corrected chi connectivity index (χ3v) is 7.59. The van der Waals surface area contributed by atoms with E-state index < -0.39 is 0 Å². The number of rotatable bonds is 9. The summed E-state index contributed by atoms with van der Waals surface area (Å²) in [5.41, 5.74) is 3.09. The van der Waals surface area contributed by atoms with Crippen molar-refractivity contribution in [2.45, 2.75) is 12.2 Å². The molecule has 0 saturated carbocycles. The quantitative estimate of drug-likeness (QED) is 0.484. The summed E-state index contributed by atoms with van der Waals surface area (Å²) in [6, 6.07) is 14.4. The monoisotopic (exact) mass is 478 g/mol. The maximum atomic E-state index is 5.59. The van der Waals surface area contributed by atoms with Gasteiger partial charge < -0.3 is 19.9 Å². The van der Waals surface area contributed by atoms with Crippen molar-refractivity contribution in [3.63, 3.8) is 0 Å². The number of para-hydroxylation sites is 1. The van der Waals surface area contributed by atoms with E-state index in [2.05, 4.69) is 69.6 Å². The number of nitrogens with zero attached hydrogens (tertiary/aromatic N) is 5. The largest absolute Gasteiger partial charge is 0.496 e. The molecule has 1 aliphatic heterocycles. The van der Waals surface area contributed by atoms with E-state index in [9.17, 15) is 0 Å². The van der Waals surface area contributed by atoms with Crippen LogP contribution in [0, 0.1) is 5.92 Å². The Hall–Kier alpha value is -2.84. The first kappa shape index (κ1) is 24.3. The van der Waals surface area contributed by atoms with Crippen LogP contribution in [0.2, 0.25) is 0 Å². The summed E-state index contributed by atoms with van der Waals surface area (Å²) in [7, 11) is 3.89. The smallest absolute Gasteiger partial charge is 0.129 e. The molecule has 8 heteroatoms. The van der Waals surface area contributed by atoms with E-state index >= 15 is 0 Å². The molecule has 1 N–H and O–H groups in total. The second-order valence-electron chi connectivity index (χ2n) is 8.74. The maximum absolute atomic E-state index is 5.59. The topological polar surface area (TPSA) is 66.4 Å². The fraction of sp³-hybridized carbons (Fsp3) is 0.423. The van der Waals surface area contributed by atoms with Gasteiger partial charge in [0.2, 0.25) is 0 Å². The summed E-state index contributed by atoms with van der Waals surface area (Å²) >= 11 is 1.84. The molecule has 3 heterocycles. The highest BCUT2D eigenvalue weighted by Crippen LogP contribution is 2.39. The average molecular weight is 479 g/mol. The lowest BCUT2D eigenvalue weighted by Gasteiger charge is -2.33. The zero-order valence-corrected chi connectivity index (χ0v) is 21.3. The van der Waals surface area contributed by atoms with Crippen LogP contribution in [0.5, 0.6) is 5.75 Å². The minimum atomic E-state index is 0.316. The maximum Gasteiger partial charge on any atom is 0.129 e. The van der Waals surface area contributed by atoms with Gasteiger partial charge in [0.1, 0.15) is 23.7 Å². The highest BCUT2D eigenvalue weighted by atomic mass is 32.2. The van der Waals surface area contributed by atoms with Crippen molar-refractivity contribution in [3.8, 4) is 17.0 Å². The lowest BCUT2D eigenvalue weighted by molar-refractivity contribution is 0.312. The van der Waals surface area contributed by atoms with Crippen LogP contribution in [-0.4, -0.2) is 73.0 Å². The Morgan fingerprint density at radius 3 is 2.56 bits per heavy atom. The van der Waals surface area contributed by atoms with E-state index in [4.69, 9.17) is 9.72 Å². The molecule has 7 nitrogen and oxygen atoms in total. The Morgan fingerprint density at radius 2 is 1.85 bits per heavy atom. The molecule has 0 aliphatic carbocycles. The number of piperazine rings is 1. The molecule has 1 unspecified atom stereocenters. The number of aromatic nitrogens is 3. The van der Waals surface area contributed by atoms with Gasteiger partial charge in [-0.15, -0.1) is 0 Å². The van der Waals surface area contributed by atoms with Gasteiger partial charge in [0.05, 0.1) is 12.8 Å². The number of benzene rings is 1. The Bertz CT molecular complexity index is 1060. The Balaban J connectivity index is 1.40. The molecule has 34 heavy (non-hydrogen) atoms. The minimum absolute atomic E-state index is 0.316. The van der Waals surface area contributed by atoms with E-state index in [1.54, 1.807) is 13.4 Å². The van der Waals surface area contributed by atoms with Crippen molar-refractivity contribution in [3.05, 3.63) is 60.6 Å². The lowest BCUT2D eigenvalue weighted by atomic mass is 9.99. The van der Waals surface area contributed by atoms with E-state index in [1.165, 1.54) is 5.56 Å². The van der Waals surface area contributed by atoms with Crippen LogP contribution in [0.25, 0.3) is 11.3 Å². The van der Waals surface area contributed by atoms with Crippen LogP contribution in [-0.2, 0) is 0 Å². The van der Waals surface area contributed by atoms with Gasteiger partial charge in [0.15, 0.2) is 0 Å². The van der Waals surface area contributed by atoms with Crippen molar-refractivity contribution in [2.24, 2.45) is 5.92 Å². The van der Waals surface area contributed by atoms with Gasteiger partial charge in [0.25, 0.3) is 0 Å². The van der Waals surface area contributed by atoms with Gasteiger partial charge in [-0.25, -0.2) is 15.0 Å². The Morgan fingerprint density at radius 1 is 1.06 bits per heavy atom. The summed E-state index contributed by atoms with van der Waals surface area (Å²) in [4.78, 5) is 18.3. The molecule has 2 aromatic heterocycles. The van der Waals surface area contributed by atoms with Gasteiger partial charge in [-0.3, -0.25) is 0 Å². The third-order valence-electron chi connectivity index (χ3n) is 6.36. The van der Waals surface area contributed by atoms with Crippen molar-refractivity contribution < 1.29 is 4.74 Å². The summed E-state index contributed by atoms with van der Waals surface area (Å²) in [6.07, 6.45) is 5.67. The Labute approximate surface area is 207 Å². The highest BCUT2D eigenvalue weighted by Gasteiger charge is 2.22. The molecule has 3 aromatic rings. The number of thioether (sulfide) groups is 1. The van der Waals surface area contributed by atoms with Crippen LogP contribution < -0.4 is 15.0 Å². The fourth-order valence-corrected chi connectivity index (χ4v) is 5.32. The summed E-state index contributed by atoms with van der Waals surface area (Å²) in [5.74, 6) is 3.15. The van der Waals surface area contributed by atoms with Crippen molar-refractivity contribution in [1.29, 1.82) is 0 Å². The van der Waals surface area contributed by atoms with Crippen molar-refractivity contribution in [1.82, 2.24) is 19.9 Å². The van der Waals surface area contributed by atoms with Gasteiger partial charge in [-0.2, -0.15) is 11.8 Å². The molecule has 0 bridgehead atoms. The van der Waals surface area contributed by atoms with Gasteiger partial charge in [-0.1, -0.05) is 25.1 Å². The van der Waals surface area contributed by atoms with Gasteiger partial charge >= 0.3 is 0 Å². The second-order valence-corrected chi connectivity index (χ2v) is 9.72. The van der Waals surface area contributed by atoms with Crippen molar-refractivity contribution in [2.75, 3.05) is 63.4 Å². The number of hydrogen-bond acceptors (Lipinski definition) is 8. The summed E-state index contributed by atoms with van der Waals surface area (Å²) < 4.78 is 5.59. The van der Waals surface area contributed by atoms with E-state index in [1.807, 2.05) is 36.2 Å². The molecule has 0 amide bonds. The van der Waals surface area contributed by atoms with Crippen LogP contribution in [0.15, 0.2) is 55.0 Å². The lowest BCUT2D eigenvalue weighted by Crippen LogP contribution is -2.44. The predicted octanol–water partition coefficient (Wildman–Crippen LogP) is 4.45. The highest BCUT2D eigenvalue weighted by molar-refractivity contribution is 7.98. The first-order valence-electron chi connectivity index (χ1n) is 11.7. The zero-order chi connectivity index (χ0) is 23.9. The third kappa shape index (κ3) is 5.80. The van der Waals surface area contributed by atoms with Crippen LogP contribution in [0.1, 0.15) is 17.7 Å². The number of anilines is 2.